The molecule has 0 atom stereocenters. The normalized spacial score (nSPS) is 10.7. The summed E-state index contributed by atoms with van der Waals surface area (Å²) >= 11 is 0. The van der Waals surface area contributed by atoms with Crippen molar-refractivity contribution in [2.24, 2.45) is 0 Å². The molecule has 5 heteroatoms. The van der Waals surface area contributed by atoms with Crippen LogP contribution in [0.1, 0.15) is 16.8 Å². The summed E-state index contributed by atoms with van der Waals surface area (Å²) in [4.78, 5) is 15.6. The lowest BCUT2D eigenvalue weighted by Crippen LogP contribution is -2.29. The maximum atomic E-state index is 12.0. The van der Waals surface area contributed by atoms with E-state index in [0.29, 0.717) is 6.54 Å². The van der Waals surface area contributed by atoms with Gasteiger partial charge in [-0.05, 0) is 45.3 Å². The molecule has 1 rings (SSSR count). The van der Waals surface area contributed by atoms with Gasteiger partial charge in [0.1, 0.15) is 11.5 Å². The van der Waals surface area contributed by atoms with E-state index in [-0.39, 0.29) is 23.0 Å². The first-order chi connectivity index (χ1) is 8.41. The largest absolute Gasteiger partial charge is 0.508 e. The van der Waals surface area contributed by atoms with Gasteiger partial charge in [0.2, 0.25) is 0 Å². The minimum Gasteiger partial charge on any atom is -0.508 e. The molecule has 0 fully saturated rings. The Hall–Kier alpha value is -1.75. The SMILES string of the molecule is CN(C)CCCN(C)C(=O)c1cc(O)ccc1O. The minimum absolute atomic E-state index is 0.0298. The van der Waals surface area contributed by atoms with Crippen LogP contribution in [0, 0.1) is 0 Å². The van der Waals surface area contributed by atoms with Gasteiger partial charge in [0, 0.05) is 13.6 Å². The second kappa shape index (κ2) is 6.26. The lowest BCUT2D eigenvalue weighted by molar-refractivity contribution is 0.0787. The zero-order valence-electron chi connectivity index (χ0n) is 11.1. The summed E-state index contributed by atoms with van der Waals surface area (Å²) in [7, 11) is 5.63. The first kappa shape index (κ1) is 14.3. The van der Waals surface area contributed by atoms with Gasteiger partial charge < -0.3 is 20.0 Å². The molecule has 18 heavy (non-hydrogen) atoms. The number of amides is 1. The van der Waals surface area contributed by atoms with Crippen molar-refractivity contribution in [3.63, 3.8) is 0 Å². The zero-order chi connectivity index (χ0) is 13.7. The number of phenols is 2. The molecule has 2 N–H and O–H groups in total. The molecule has 1 amide bonds. The predicted molar refractivity (Wildman–Crippen MR) is 69.9 cm³/mol. The van der Waals surface area contributed by atoms with Crippen LogP contribution in [0.25, 0.3) is 0 Å². The molecule has 100 valence electrons. The lowest BCUT2D eigenvalue weighted by atomic mass is 10.1. The number of rotatable bonds is 5. The molecule has 1 aromatic rings. The Morgan fingerprint density at radius 2 is 1.83 bits per heavy atom. The van der Waals surface area contributed by atoms with Gasteiger partial charge in [-0.25, -0.2) is 0 Å². The molecule has 0 radical (unpaired) electrons. The average Bonchev–Trinajstić information content (AvgIpc) is 2.30. The van der Waals surface area contributed by atoms with Gasteiger partial charge in [0.05, 0.1) is 5.56 Å². The molecule has 0 saturated heterocycles. The Morgan fingerprint density at radius 3 is 2.44 bits per heavy atom. The van der Waals surface area contributed by atoms with E-state index in [9.17, 15) is 15.0 Å². The van der Waals surface area contributed by atoms with E-state index in [1.165, 1.54) is 23.1 Å². The number of carbonyl (C=O) groups is 1. The molecule has 5 nitrogen and oxygen atoms in total. The molecule has 0 spiro atoms. The van der Waals surface area contributed by atoms with Gasteiger partial charge in [-0.2, -0.15) is 0 Å². The van der Waals surface area contributed by atoms with Crippen molar-refractivity contribution < 1.29 is 15.0 Å². The zero-order valence-corrected chi connectivity index (χ0v) is 11.1. The van der Waals surface area contributed by atoms with E-state index in [2.05, 4.69) is 0 Å². The fraction of sp³-hybridized carbons (Fsp3) is 0.462. The first-order valence-corrected chi connectivity index (χ1v) is 5.84. The van der Waals surface area contributed by atoms with Gasteiger partial charge in [-0.3, -0.25) is 4.79 Å². The van der Waals surface area contributed by atoms with Crippen LogP contribution < -0.4 is 0 Å². The monoisotopic (exact) mass is 252 g/mol. The quantitative estimate of drug-likeness (QED) is 0.771. The summed E-state index contributed by atoms with van der Waals surface area (Å²) in [6.07, 6.45) is 0.856. The number of nitrogens with zero attached hydrogens (tertiary/aromatic N) is 2. The maximum absolute atomic E-state index is 12.0. The molecule has 0 unspecified atom stereocenters. The van der Waals surface area contributed by atoms with E-state index in [1.54, 1.807) is 7.05 Å². The number of carbonyl (C=O) groups excluding carboxylic acids is 1. The Morgan fingerprint density at radius 1 is 1.17 bits per heavy atom. The van der Waals surface area contributed by atoms with Gasteiger partial charge in [0.25, 0.3) is 5.91 Å². The predicted octanol–water partition coefficient (Wildman–Crippen LogP) is 1.12. The van der Waals surface area contributed by atoms with Crippen molar-refractivity contribution in [1.29, 1.82) is 0 Å². The van der Waals surface area contributed by atoms with Crippen molar-refractivity contribution in [1.82, 2.24) is 9.80 Å². The van der Waals surface area contributed by atoms with Crippen LogP contribution in [-0.4, -0.2) is 60.2 Å². The molecular weight excluding hydrogens is 232 g/mol. The summed E-state index contributed by atoms with van der Waals surface area (Å²) in [5.41, 5.74) is 0.127. The first-order valence-electron chi connectivity index (χ1n) is 5.84. The topological polar surface area (TPSA) is 64.0 Å². The summed E-state index contributed by atoms with van der Waals surface area (Å²) < 4.78 is 0. The fourth-order valence-corrected chi connectivity index (χ4v) is 1.63. The van der Waals surface area contributed by atoms with E-state index in [4.69, 9.17) is 0 Å². The van der Waals surface area contributed by atoms with Crippen LogP contribution in [0.5, 0.6) is 11.5 Å². The van der Waals surface area contributed by atoms with Gasteiger partial charge in [-0.1, -0.05) is 0 Å². The third-order valence-electron chi connectivity index (χ3n) is 2.66. The smallest absolute Gasteiger partial charge is 0.257 e. The molecule has 0 aromatic heterocycles. The maximum Gasteiger partial charge on any atom is 0.257 e. The van der Waals surface area contributed by atoms with Crippen molar-refractivity contribution in [3.8, 4) is 11.5 Å². The van der Waals surface area contributed by atoms with Crippen molar-refractivity contribution in [3.05, 3.63) is 23.8 Å². The summed E-state index contributed by atoms with van der Waals surface area (Å²) in [6.45, 7) is 1.50. The third kappa shape index (κ3) is 3.92. The average molecular weight is 252 g/mol. The van der Waals surface area contributed by atoms with E-state index in [1.807, 2.05) is 19.0 Å². The number of hydrogen-bond donors (Lipinski definition) is 2. The number of aromatic hydroxyl groups is 2. The number of phenolic OH excluding ortho intramolecular Hbond substituents is 2. The summed E-state index contributed by atoms with van der Waals surface area (Å²) in [6, 6.07) is 3.94. The molecule has 0 aliphatic heterocycles. The van der Waals surface area contributed by atoms with Crippen LogP contribution in [0.2, 0.25) is 0 Å². The highest BCUT2D eigenvalue weighted by molar-refractivity contribution is 5.97. The van der Waals surface area contributed by atoms with E-state index >= 15 is 0 Å². The summed E-state index contributed by atoms with van der Waals surface area (Å²) in [5.74, 6) is -0.433. The van der Waals surface area contributed by atoms with Crippen LogP contribution >= 0.6 is 0 Å². The third-order valence-corrected chi connectivity index (χ3v) is 2.66. The molecule has 0 saturated carbocycles. The molecular formula is C13H20N2O3. The van der Waals surface area contributed by atoms with Crippen molar-refractivity contribution >= 4 is 5.91 Å². The Kier molecular flexibility index (Phi) is 4.97. The molecule has 0 aliphatic carbocycles. The van der Waals surface area contributed by atoms with Crippen molar-refractivity contribution in [2.45, 2.75) is 6.42 Å². The van der Waals surface area contributed by atoms with Gasteiger partial charge in [-0.15, -0.1) is 0 Å². The molecule has 0 heterocycles. The Balaban J connectivity index is 2.65. The minimum atomic E-state index is -0.290. The highest BCUT2D eigenvalue weighted by Gasteiger charge is 2.16. The van der Waals surface area contributed by atoms with Gasteiger partial charge >= 0.3 is 0 Å². The van der Waals surface area contributed by atoms with Crippen LogP contribution in [0.15, 0.2) is 18.2 Å². The standard InChI is InChI=1S/C13H20N2O3/c1-14(2)7-4-8-15(3)13(18)11-9-10(16)5-6-12(11)17/h5-6,9,16-17H,4,7-8H2,1-3H3. The van der Waals surface area contributed by atoms with Crippen LogP contribution in [0.3, 0.4) is 0 Å². The molecule has 1 aromatic carbocycles. The van der Waals surface area contributed by atoms with Crippen molar-refractivity contribution in [2.75, 3.05) is 34.2 Å². The van der Waals surface area contributed by atoms with Crippen LogP contribution in [-0.2, 0) is 0 Å². The van der Waals surface area contributed by atoms with Crippen LogP contribution in [0.4, 0.5) is 0 Å². The number of hydrogen-bond acceptors (Lipinski definition) is 4. The lowest BCUT2D eigenvalue weighted by Gasteiger charge is -2.19. The van der Waals surface area contributed by atoms with E-state index in [0.717, 1.165) is 13.0 Å². The van der Waals surface area contributed by atoms with Gasteiger partial charge in [0.15, 0.2) is 0 Å². The Labute approximate surface area is 107 Å². The highest BCUT2D eigenvalue weighted by atomic mass is 16.3. The second-order valence-electron chi connectivity index (χ2n) is 4.58. The summed E-state index contributed by atoms with van der Waals surface area (Å²) in [5, 5.41) is 18.9. The molecule has 0 aliphatic rings. The fourth-order valence-electron chi connectivity index (χ4n) is 1.63. The number of benzene rings is 1. The highest BCUT2D eigenvalue weighted by Crippen LogP contribution is 2.23. The Bertz CT molecular complexity index is 419. The van der Waals surface area contributed by atoms with E-state index < -0.39 is 0 Å². The second-order valence-corrected chi connectivity index (χ2v) is 4.58. The molecule has 0 bridgehead atoms.